The zero-order chi connectivity index (χ0) is 37.4. The summed E-state index contributed by atoms with van der Waals surface area (Å²) in [7, 11) is 0. The quantitative estimate of drug-likeness (QED) is 0.109. The molecule has 0 aromatic heterocycles. The van der Waals surface area contributed by atoms with Crippen molar-refractivity contribution in [2.75, 3.05) is 0 Å². The van der Waals surface area contributed by atoms with Gasteiger partial charge in [-0.05, 0) is 41.3 Å². The van der Waals surface area contributed by atoms with E-state index < -0.39 is 23.8 Å². The van der Waals surface area contributed by atoms with E-state index in [4.69, 9.17) is 12.2 Å². The maximum Gasteiger partial charge on any atom is 0.416 e. The molecule has 2 nitrogen and oxygen atoms in total. The third-order valence-corrected chi connectivity index (χ3v) is 6.59. The molecule has 0 amide bonds. The lowest BCUT2D eigenvalue weighted by molar-refractivity contribution is -0.146. The van der Waals surface area contributed by atoms with Crippen molar-refractivity contribution in [3.63, 3.8) is 0 Å². The van der Waals surface area contributed by atoms with Gasteiger partial charge < -0.3 is 5.73 Å². The minimum Gasteiger partial charge on any atom is -0.390 e. The molecule has 0 heterocycles. The van der Waals surface area contributed by atoms with Crippen LogP contribution >= 0.6 is 0 Å². The van der Waals surface area contributed by atoms with Gasteiger partial charge in [0.1, 0.15) is 17.7 Å². The number of nitriles is 1. The normalized spacial score (nSPS) is 15.2. The first-order valence-electron chi connectivity index (χ1n) is 15.6. The van der Waals surface area contributed by atoms with Crippen LogP contribution in [0.25, 0.3) is 11.1 Å². The summed E-state index contributed by atoms with van der Waals surface area (Å²) in [5.74, 6) is 5.24. The Bertz CT molecular complexity index is 1870. The van der Waals surface area contributed by atoms with Crippen LogP contribution in [0.2, 0.25) is 0 Å². The Kier molecular flexibility index (Phi) is 16.3. The maximum absolute atomic E-state index is 13.5. The Morgan fingerprint density at radius 3 is 1.88 bits per heavy atom. The predicted octanol–water partition coefficient (Wildman–Crippen LogP) is 11.3. The van der Waals surface area contributed by atoms with Crippen molar-refractivity contribution in [1.82, 2.24) is 0 Å². The summed E-state index contributed by atoms with van der Waals surface area (Å²) in [4.78, 5) is 0. The second kappa shape index (κ2) is 19.3. The van der Waals surface area contributed by atoms with Crippen LogP contribution in [0.4, 0.5) is 26.3 Å². The van der Waals surface area contributed by atoms with Crippen molar-refractivity contribution in [1.29, 1.82) is 5.26 Å². The van der Waals surface area contributed by atoms with Crippen LogP contribution in [0.3, 0.4) is 0 Å². The van der Waals surface area contributed by atoms with Gasteiger partial charge in [0.15, 0.2) is 0 Å². The van der Waals surface area contributed by atoms with Crippen LogP contribution in [0, 0.1) is 41.4 Å². The standard InChI is InChI=1S/C35H20F6N2.3C2H6/c1-3-22(15-18-26(4-2)34(36,37)38)29-30(23-11-7-5-8-12-23)31(24-13-9-6-10-14-24)32(33(29)28(43)21-42)25-16-19-27(20-17-25)35(39,40)41;3*1-2/h2-3,5-8,11-12,15-20,26H,43H2,1H3;3*1-2H3/b18-15-,22-3+,33-28-;;;. The van der Waals surface area contributed by atoms with Gasteiger partial charge in [0, 0.05) is 28.4 Å². The highest BCUT2D eigenvalue weighted by molar-refractivity contribution is 6.12. The number of halogens is 6. The molecule has 0 fully saturated rings. The summed E-state index contributed by atoms with van der Waals surface area (Å²) in [5.41, 5.74) is 13.7. The molecule has 2 aliphatic rings. The van der Waals surface area contributed by atoms with E-state index in [1.807, 2.05) is 47.6 Å². The van der Waals surface area contributed by atoms with Crippen LogP contribution in [0.5, 0.6) is 0 Å². The molecule has 2 aromatic rings. The molecule has 1 unspecified atom stereocenters. The zero-order valence-corrected chi connectivity index (χ0v) is 28.5. The average molecular weight is 673 g/mol. The van der Waals surface area contributed by atoms with Crippen molar-refractivity contribution in [2.45, 2.75) is 60.8 Å². The van der Waals surface area contributed by atoms with E-state index in [-0.39, 0.29) is 33.6 Å². The molecular formula is C41H38F6N2. The predicted molar refractivity (Wildman–Crippen MR) is 187 cm³/mol. The summed E-state index contributed by atoms with van der Waals surface area (Å²) >= 11 is 0. The third-order valence-electron chi connectivity index (χ3n) is 6.59. The number of nitrogens with two attached hydrogens (primary N) is 1. The molecular weight excluding hydrogens is 634 g/mol. The summed E-state index contributed by atoms with van der Waals surface area (Å²) in [6, 6.07) is 14.9. The Morgan fingerprint density at radius 1 is 0.857 bits per heavy atom. The Labute approximate surface area is 285 Å². The average Bonchev–Trinajstić information content (AvgIpc) is 3.48. The van der Waals surface area contributed by atoms with Crippen LogP contribution in [-0.4, -0.2) is 6.18 Å². The number of nitrogens with zero attached hydrogens (tertiary/aromatic N) is 1. The van der Waals surface area contributed by atoms with Gasteiger partial charge in [-0.25, -0.2) is 0 Å². The van der Waals surface area contributed by atoms with Gasteiger partial charge in [-0.1, -0.05) is 131 Å². The number of hydrogen-bond acceptors (Lipinski definition) is 2. The topological polar surface area (TPSA) is 49.8 Å². The fourth-order valence-corrected chi connectivity index (χ4v) is 4.69. The van der Waals surface area contributed by atoms with Crippen molar-refractivity contribution < 1.29 is 26.3 Å². The van der Waals surface area contributed by atoms with E-state index in [0.29, 0.717) is 22.3 Å². The van der Waals surface area contributed by atoms with Gasteiger partial charge >= 0.3 is 12.4 Å². The number of alkyl halides is 6. The molecule has 0 saturated heterocycles. The Balaban J connectivity index is 0.00000189. The first-order chi connectivity index (χ1) is 23.4. The highest BCUT2D eigenvalue weighted by atomic mass is 19.4. The molecule has 2 aliphatic carbocycles. The highest BCUT2D eigenvalue weighted by Crippen LogP contribution is 2.52. The second-order valence-electron chi connectivity index (χ2n) is 9.19. The minimum atomic E-state index is -4.71. The smallest absolute Gasteiger partial charge is 0.390 e. The number of allylic oxidation sites excluding steroid dienone is 12. The number of hydrogen-bond donors (Lipinski definition) is 1. The lowest BCUT2D eigenvalue weighted by Crippen LogP contribution is -2.19. The van der Waals surface area contributed by atoms with E-state index in [2.05, 4.69) is 23.3 Å². The zero-order valence-electron chi connectivity index (χ0n) is 28.5. The first kappa shape index (κ1) is 41.5. The van der Waals surface area contributed by atoms with E-state index >= 15 is 0 Å². The molecule has 49 heavy (non-hydrogen) atoms. The van der Waals surface area contributed by atoms with Gasteiger partial charge in [-0.15, -0.1) is 6.42 Å². The van der Waals surface area contributed by atoms with Crippen molar-refractivity contribution >= 4 is 11.1 Å². The fourth-order valence-electron chi connectivity index (χ4n) is 4.69. The number of terminal acetylenes is 1. The molecule has 4 rings (SSSR count). The van der Waals surface area contributed by atoms with Gasteiger partial charge in [-0.3, -0.25) is 0 Å². The number of rotatable bonds is 6. The Morgan fingerprint density at radius 2 is 1.43 bits per heavy atom. The van der Waals surface area contributed by atoms with E-state index in [9.17, 15) is 31.6 Å². The molecule has 0 spiro atoms. The van der Waals surface area contributed by atoms with E-state index in [1.54, 1.807) is 43.2 Å². The van der Waals surface area contributed by atoms with E-state index in [0.717, 1.165) is 18.2 Å². The summed E-state index contributed by atoms with van der Waals surface area (Å²) in [6.45, 7) is 13.6. The van der Waals surface area contributed by atoms with Crippen molar-refractivity contribution in [3.05, 3.63) is 141 Å². The third kappa shape index (κ3) is 9.96. The van der Waals surface area contributed by atoms with Gasteiger partial charge in [0.05, 0.1) is 11.1 Å². The molecule has 0 saturated carbocycles. The Hall–Kier alpha value is -5.57. The van der Waals surface area contributed by atoms with Crippen LogP contribution in [0.1, 0.15) is 65.2 Å². The first-order valence-corrected chi connectivity index (χ1v) is 15.6. The summed E-state index contributed by atoms with van der Waals surface area (Å²) < 4.78 is 80.9. The molecule has 2 N–H and O–H groups in total. The molecule has 8 heteroatoms. The lowest BCUT2D eigenvalue weighted by Gasteiger charge is -2.16. The highest BCUT2D eigenvalue weighted by Gasteiger charge is 2.38. The van der Waals surface area contributed by atoms with Crippen molar-refractivity contribution in [2.24, 2.45) is 11.7 Å². The second-order valence-corrected chi connectivity index (χ2v) is 9.19. The molecule has 0 bridgehead atoms. The molecule has 1 atom stereocenters. The molecule has 0 radical (unpaired) electrons. The molecule has 254 valence electrons. The van der Waals surface area contributed by atoms with Crippen molar-refractivity contribution in [3.8, 4) is 30.3 Å². The summed E-state index contributed by atoms with van der Waals surface area (Å²) in [5, 5.41) is 9.99. The maximum atomic E-state index is 13.5. The van der Waals surface area contributed by atoms with Gasteiger partial charge in [-0.2, -0.15) is 31.6 Å². The fraction of sp³-hybridized carbons (Fsp3) is 0.244. The van der Waals surface area contributed by atoms with Gasteiger partial charge in [0.25, 0.3) is 0 Å². The summed E-state index contributed by atoms with van der Waals surface area (Å²) in [6.07, 6.45) is 0.839. The monoisotopic (exact) mass is 672 g/mol. The van der Waals surface area contributed by atoms with E-state index in [1.165, 1.54) is 30.4 Å². The minimum absolute atomic E-state index is 0.115. The lowest BCUT2D eigenvalue weighted by atomic mass is 9.88. The molecule has 0 aliphatic heterocycles. The van der Waals surface area contributed by atoms with Crippen LogP contribution in [-0.2, 0) is 6.18 Å². The van der Waals surface area contributed by atoms with Gasteiger partial charge in [0.2, 0.25) is 0 Å². The SMILES string of the molecule is C#CC(/C=C\C(=C/C)C1=C(c2ccccc2)C(C2=C=C=CC#C2)=C(c2ccc(C(F)(F)F)cc2)/C1=C(\N)C#N)C(F)(F)F.CC.CC.CC. The number of benzene rings is 2. The van der Waals surface area contributed by atoms with Crippen LogP contribution < -0.4 is 5.73 Å². The van der Waals surface area contributed by atoms with Crippen LogP contribution in [0.15, 0.2) is 124 Å². The molecule has 2 aromatic carbocycles. The largest absolute Gasteiger partial charge is 0.416 e.